The fourth-order valence-corrected chi connectivity index (χ4v) is 11.4. The van der Waals surface area contributed by atoms with Crippen molar-refractivity contribution < 1.29 is 9.80 Å². The van der Waals surface area contributed by atoms with Gasteiger partial charge in [-0.2, -0.15) is 0 Å². The van der Waals surface area contributed by atoms with Gasteiger partial charge in [0.1, 0.15) is 11.4 Å². The average Bonchev–Trinajstić information content (AvgIpc) is 3.41. The van der Waals surface area contributed by atoms with Gasteiger partial charge in [-0.1, -0.05) is 334 Å². The Morgan fingerprint density at radius 3 is 0.622 bits per heavy atom. The minimum absolute atomic E-state index is 1.25. The number of hydrogen-bond donors (Lipinski definition) is 2. The average molecular weight is 1030 g/mol. The van der Waals surface area contributed by atoms with Gasteiger partial charge >= 0.3 is 0 Å². The summed E-state index contributed by atoms with van der Waals surface area (Å²) in [6.45, 7) is 11.9. The largest absolute Gasteiger partial charge is 0.307 e. The van der Waals surface area contributed by atoms with Crippen LogP contribution in [0.4, 0.5) is 11.4 Å². The molecule has 0 heterocycles. The zero-order valence-corrected chi connectivity index (χ0v) is 51.8. The van der Waals surface area contributed by atoms with Crippen LogP contribution < -0.4 is 9.80 Å². The van der Waals surface area contributed by atoms with Crippen LogP contribution in [0.25, 0.3) is 0 Å². The van der Waals surface area contributed by atoms with E-state index in [4.69, 9.17) is 0 Å². The highest BCUT2D eigenvalue weighted by molar-refractivity contribution is 5.33. The Balaban J connectivity index is 0.00000114. The molecular weight excluding hydrogens is 893 g/mol. The Morgan fingerprint density at radius 1 is 0.216 bits per heavy atom. The van der Waals surface area contributed by atoms with Crippen LogP contribution in [0.1, 0.15) is 360 Å². The first kappa shape index (κ1) is 70.4. The smallest absolute Gasteiger partial charge is 0.131 e. The van der Waals surface area contributed by atoms with Crippen LogP contribution in [0.3, 0.4) is 0 Å². The van der Waals surface area contributed by atoms with Crippen molar-refractivity contribution in [3.63, 3.8) is 0 Å². The van der Waals surface area contributed by atoms with Crippen LogP contribution in [0.5, 0.6) is 0 Å². The summed E-state index contributed by atoms with van der Waals surface area (Å²) in [4.78, 5) is 3.17. The molecule has 0 aliphatic rings. The van der Waals surface area contributed by atoms with Gasteiger partial charge in [0, 0.05) is 0 Å². The Labute approximate surface area is 467 Å². The summed E-state index contributed by atoms with van der Waals surface area (Å²) in [7, 11) is 4.35. The molecule has 0 amide bonds. The summed E-state index contributed by atoms with van der Waals surface area (Å²) >= 11 is 0. The summed E-state index contributed by atoms with van der Waals surface area (Å²) in [6, 6.07) is 19.1. The Hall–Kier alpha value is -1.64. The molecule has 2 heteroatoms. The maximum atomic E-state index is 2.50. The van der Waals surface area contributed by atoms with Crippen LogP contribution in [-0.4, -0.2) is 27.2 Å². The normalized spacial score (nSPS) is 11.6. The van der Waals surface area contributed by atoms with Gasteiger partial charge in [0.25, 0.3) is 0 Å². The van der Waals surface area contributed by atoms with E-state index < -0.39 is 0 Å². The summed E-state index contributed by atoms with van der Waals surface area (Å²) in [5.41, 5.74) is 6.00. The molecule has 0 saturated heterocycles. The lowest BCUT2D eigenvalue weighted by Gasteiger charge is -2.20. The molecule has 2 nitrogen and oxygen atoms in total. The third-order valence-electron chi connectivity index (χ3n) is 16.7. The molecule has 0 bridgehead atoms. The molecule has 2 rings (SSSR count). The molecule has 2 aromatic carbocycles. The van der Waals surface area contributed by atoms with E-state index in [1.54, 1.807) is 16.2 Å². The van der Waals surface area contributed by atoms with E-state index in [1.165, 1.54) is 363 Å². The van der Waals surface area contributed by atoms with Crippen molar-refractivity contribution >= 4 is 11.4 Å². The maximum Gasteiger partial charge on any atom is 0.131 e. The van der Waals surface area contributed by atoms with Crippen LogP contribution in [0.15, 0.2) is 48.5 Å². The monoisotopic (exact) mass is 1030 g/mol. The minimum atomic E-state index is 1.25. The van der Waals surface area contributed by atoms with Crippen molar-refractivity contribution in [2.45, 2.75) is 362 Å². The lowest BCUT2D eigenvalue weighted by Crippen LogP contribution is -3.07. The zero-order chi connectivity index (χ0) is 53.3. The van der Waals surface area contributed by atoms with Crippen LogP contribution in [0, 0.1) is 0 Å². The van der Waals surface area contributed by atoms with E-state index in [2.05, 4.69) is 90.3 Å². The van der Waals surface area contributed by atoms with Crippen molar-refractivity contribution in [2.75, 3.05) is 27.2 Å². The van der Waals surface area contributed by atoms with Gasteiger partial charge in [-0.3, -0.25) is 0 Å². The Bertz CT molecular complexity index is 1290. The van der Waals surface area contributed by atoms with Gasteiger partial charge in [-0.15, -0.1) is 0 Å². The molecule has 0 radical (unpaired) electrons. The minimum Gasteiger partial charge on any atom is -0.307 e. The topological polar surface area (TPSA) is 8.88 Å². The SMILES string of the molecule is CCCCCCCCCCCCCCCCCC[NH+](CCCCCCCCCCCCCCCCCC)c1ccc(CCCCCCCCCCC)cc1.CCCCCCCCCCCc1ccc([NH+](C)C)cc1. The number of unbranched alkanes of at least 4 members (excludes halogenated alkanes) is 46. The fraction of sp³-hybridized carbons (Fsp3) is 0.833. The van der Waals surface area contributed by atoms with Crippen molar-refractivity contribution in [1.82, 2.24) is 0 Å². The van der Waals surface area contributed by atoms with E-state index >= 15 is 0 Å². The van der Waals surface area contributed by atoms with Crippen molar-refractivity contribution in [3.05, 3.63) is 59.7 Å². The molecular formula is C72H136N2+2. The molecule has 0 aliphatic carbocycles. The lowest BCUT2D eigenvalue weighted by atomic mass is 10.0. The first-order valence-electron chi connectivity index (χ1n) is 34.4. The lowest BCUT2D eigenvalue weighted by molar-refractivity contribution is -0.833. The predicted octanol–water partition coefficient (Wildman–Crippen LogP) is 22.3. The first-order chi connectivity index (χ1) is 36.5. The summed E-state index contributed by atoms with van der Waals surface area (Å²) < 4.78 is 0. The summed E-state index contributed by atoms with van der Waals surface area (Å²) in [6.07, 6.45) is 74.5. The number of quaternary nitrogens is 2. The second-order valence-electron chi connectivity index (χ2n) is 24.3. The predicted molar refractivity (Wildman–Crippen MR) is 337 cm³/mol. The maximum absolute atomic E-state index is 2.50. The van der Waals surface area contributed by atoms with Crippen molar-refractivity contribution in [3.8, 4) is 0 Å². The second-order valence-corrected chi connectivity index (χ2v) is 24.3. The van der Waals surface area contributed by atoms with Gasteiger partial charge in [-0.25, -0.2) is 0 Å². The number of benzene rings is 2. The van der Waals surface area contributed by atoms with E-state index in [9.17, 15) is 0 Å². The highest BCUT2D eigenvalue weighted by Crippen LogP contribution is 2.18. The van der Waals surface area contributed by atoms with E-state index in [0.29, 0.717) is 0 Å². The highest BCUT2D eigenvalue weighted by atomic mass is 15.1. The van der Waals surface area contributed by atoms with Gasteiger partial charge in [0.15, 0.2) is 0 Å². The molecule has 0 unspecified atom stereocenters. The Kier molecular flexibility index (Phi) is 54.7. The standard InChI is InChI=1S/C53H101N.C19H33N/c1-4-7-10-13-16-19-21-23-25-27-29-31-34-37-40-43-50-54(51-44-41-38-35-32-30-28-26-24-22-20-17-14-11-8-5-2)53-48-46-52(47-49-53)45-42-39-36-33-18-15-12-9-6-3;1-4-5-6-7-8-9-10-11-12-13-18-14-16-19(17-15-18)20(2)3/h46-49H,4-45,50-51H2,1-3H3;14-17H,4-13H2,1-3H3/p+2. The van der Waals surface area contributed by atoms with Crippen molar-refractivity contribution in [1.29, 1.82) is 0 Å². The summed E-state index contributed by atoms with van der Waals surface area (Å²) in [5.74, 6) is 0. The molecule has 0 atom stereocenters. The van der Waals surface area contributed by atoms with Crippen LogP contribution >= 0.6 is 0 Å². The molecule has 0 aromatic heterocycles. The molecule has 2 N–H and O–H groups in total. The van der Waals surface area contributed by atoms with Crippen molar-refractivity contribution in [2.24, 2.45) is 0 Å². The fourth-order valence-electron chi connectivity index (χ4n) is 11.4. The molecule has 0 saturated carbocycles. The number of aryl methyl sites for hydroxylation is 2. The first-order valence-corrected chi connectivity index (χ1v) is 34.4. The summed E-state index contributed by atoms with van der Waals surface area (Å²) in [5, 5.41) is 0. The second kappa shape index (κ2) is 57.5. The third kappa shape index (κ3) is 47.6. The zero-order valence-electron chi connectivity index (χ0n) is 51.8. The van der Waals surface area contributed by atoms with E-state index in [1.807, 2.05) is 0 Å². The van der Waals surface area contributed by atoms with Gasteiger partial charge in [-0.05, 0) is 86.8 Å². The third-order valence-corrected chi connectivity index (χ3v) is 16.7. The van der Waals surface area contributed by atoms with Gasteiger partial charge < -0.3 is 9.80 Å². The molecule has 2 aromatic rings. The van der Waals surface area contributed by atoms with Crippen LogP contribution in [-0.2, 0) is 12.8 Å². The number of nitrogens with one attached hydrogen (secondary N) is 2. The Morgan fingerprint density at radius 2 is 0.405 bits per heavy atom. The molecule has 0 aliphatic heterocycles. The van der Waals surface area contributed by atoms with E-state index in [0.717, 1.165) is 0 Å². The van der Waals surface area contributed by atoms with Crippen LogP contribution in [0.2, 0.25) is 0 Å². The van der Waals surface area contributed by atoms with Gasteiger partial charge in [0.05, 0.1) is 27.2 Å². The number of hydrogen-bond acceptors (Lipinski definition) is 0. The highest BCUT2D eigenvalue weighted by Gasteiger charge is 2.12. The molecule has 74 heavy (non-hydrogen) atoms. The quantitative estimate of drug-likeness (QED) is 0.0611. The number of rotatable bonds is 56. The molecule has 0 fully saturated rings. The molecule has 0 spiro atoms. The van der Waals surface area contributed by atoms with E-state index in [-0.39, 0.29) is 0 Å². The van der Waals surface area contributed by atoms with Gasteiger partial charge in [0.2, 0.25) is 0 Å². The molecule has 432 valence electrons.